The zero-order valence-electron chi connectivity index (χ0n) is 9.70. The average Bonchev–Trinajstić information content (AvgIpc) is 2.87. The molecular weight excluding hydrogens is 274 g/mol. The smallest absolute Gasteiger partial charge is 0.377 e. The van der Waals surface area contributed by atoms with E-state index in [9.17, 15) is 9.59 Å². The summed E-state index contributed by atoms with van der Waals surface area (Å²) in [5, 5.41) is 12.9. The van der Waals surface area contributed by atoms with Gasteiger partial charge in [-0.1, -0.05) is 11.6 Å². The molecule has 8 heteroatoms. The molecule has 0 aliphatic carbocycles. The Bertz CT molecular complexity index is 653. The number of benzene rings is 1. The number of esters is 1. The van der Waals surface area contributed by atoms with Crippen molar-refractivity contribution in [3.63, 3.8) is 0 Å². The molecule has 0 amide bonds. The number of rotatable bonds is 3. The van der Waals surface area contributed by atoms with Gasteiger partial charge in [-0.05, 0) is 18.2 Å². The SMILES string of the molecule is COC(=O)c1ncn(-c2ccc(C(=O)O)cc2Cl)n1. The number of hydrogen-bond acceptors (Lipinski definition) is 5. The van der Waals surface area contributed by atoms with Crippen molar-refractivity contribution < 1.29 is 19.4 Å². The maximum Gasteiger partial charge on any atom is 0.377 e. The molecule has 0 aliphatic rings. The predicted molar refractivity (Wildman–Crippen MR) is 64.7 cm³/mol. The van der Waals surface area contributed by atoms with Crippen LogP contribution in [-0.4, -0.2) is 38.9 Å². The summed E-state index contributed by atoms with van der Waals surface area (Å²) in [5.41, 5.74) is 0.469. The minimum Gasteiger partial charge on any atom is -0.478 e. The van der Waals surface area contributed by atoms with Crippen molar-refractivity contribution in [3.8, 4) is 5.69 Å². The highest BCUT2D eigenvalue weighted by Crippen LogP contribution is 2.21. The van der Waals surface area contributed by atoms with Crippen LogP contribution in [0.25, 0.3) is 5.69 Å². The van der Waals surface area contributed by atoms with Gasteiger partial charge in [-0.15, -0.1) is 5.10 Å². The molecule has 0 saturated heterocycles. The normalized spacial score (nSPS) is 10.2. The second-order valence-corrected chi connectivity index (χ2v) is 3.88. The van der Waals surface area contributed by atoms with Crippen LogP contribution in [0.1, 0.15) is 21.0 Å². The second-order valence-electron chi connectivity index (χ2n) is 3.48. The third-order valence-electron chi connectivity index (χ3n) is 2.30. The maximum absolute atomic E-state index is 11.2. The third kappa shape index (κ3) is 2.55. The number of carboxylic acid groups (broad SMARTS) is 1. The van der Waals surface area contributed by atoms with Gasteiger partial charge in [0.1, 0.15) is 6.33 Å². The first-order valence-corrected chi connectivity index (χ1v) is 5.44. The predicted octanol–water partition coefficient (Wildman–Crippen LogP) is 1.41. The van der Waals surface area contributed by atoms with Gasteiger partial charge < -0.3 is 9.84 Å². The van der Waals surface area contributed by atoms with Crippen LogP contribution < -0.4 is 0 Å². The van der Waals surface area contributed by atoms with Gasteiger partial charge >= 0.3 is 11.9 Å². The topological polar surface area (TPSA) is 94.3 Å². The van der Waals surface area contributed by atoms with Crippen molar-refractivity contribution in [3.05, 3.63) is 40.9 Å². The summed E-state index contributed by atoms with van der Waals surface area (Å²) in [6.07, 6.45) is 1.29. The Balaban J connectivity index is 2.39. The number of nitrogens with zero attached hydrogens (tertiary/aromatic N) is 3. The van der Waals surface area contributed by atoms with E-state index < -0.39 is 11.9 Å². The van der Waals surface area contributed by atoms with Crippen molar-refractivity contribution in [1.29, 1.82) is 0 Å². The Morgan fingerprint density at radius 2 is 2.16 bits per heavy atom. The lowest BCUT2D eigenvalue weighted by molar-refractivity contribution is 0.0586. The number of carboxylic acids is 1. The molecule has 7 nitrogen and oxygen atoms in total. The van der Waals surface area contributed by atoms with Crippen molar-refractivity contribution in [1.82, 2.24) is 14.8 Å². The number of carbonyl (C=O) groups is 2. The summed E-state index contributed by atoms with van der Waals surface area (Å²) < 4.78 is 5.74. The number of ether oxygens (including phenoxy) is 1. The highest BCUT2D eigenvalue weighted by Gasteiger charge is 2.14. The van der Waals surface area contributed by atoms with Gasteiger partial charge in [0.15, 0.2) is 0 Å². The minimum atomic E-state index is -1.08. The Labute approximate surface area is 112 Å². The molecule has 0 unspecified atom stereocenters. The van der Waals surface area contributed by atoms with Crippen LogP contribution in [0.15, 0.2) is 24.5 Å². The molecule has 0 spiro atoms. The summed E-state index contributed by atoms with van der Waals surface area (Å²) in [6, 6.07) is 4.14. The fourth-order valence-electron chi connectivity index (χ4n) is 1.39. The lowest BCUT2D eigenvalue weighted by Gasteiger charge is -2.04. The van der Waals surface area contributed by atoms with Crippen LogP contribution in [0.5, 0.6) is 0 Å². The number of aromatic nitrogens is 3. The number of carbonyl (C=O) groups excluding carboxylic acids is 1. The summed E-state index contributed by atoms with van der Waals surface area (Å²) in [7, 11) is 1.22. The van der Waals surface area contributed by atoms with Crippen LogP contribution in [0.4, 0.5) is 0 Å². The number of halogens is 1. The first kappa shape index (κ1) is 13.0. The first-order chi connectivity index (χ1) is 9.02. The second kappa shape index (κ2) is 5.07. The summed E-state index contributed by atoms with van der Waals surface area (Å²) in [4.78, 5) is 25.8. The van der Waals surface area contributed by atoms with Gasteiger partial charge in [0.05, 0.1) is 23.4 Å². The van der Waals surface area contributed by atoms with Crippen LogP contribution >= 0.6 is 11.6 Å². The zero-order valence-corrected chi connectivity index (χ0v) is 10.5. The fraction of sp³-hybridized carbons (Fsp3) is 0.0909. The first-order valence-electron chi connectivity index (χ1n) is 5.06. The average molecular weight is 282 g/mol. The van der Waals surface area contributed by atoms with Crippen molar-refractivity contribution in [2.45, 2.75) is 0 Å². The molecule has 19 heavy (non-hydrogen) atoms. The largest absolute Gasteiger partial charge is 0.478 e. The molecule has 1 N–H and O–H groups in total. The molecule has 2 aromatic rings. The summed E-state index contributed by atoms with van der Waals surface area (Å²) in [5.74, 6) is -1.86. The van der Waals surface area contributed by atoms with Gasteiger partial charge in [0, 0.05) is 0 Å². The fourth-order valence-corrected chi connectivity index (χ4v) is 1.66. The Hall–Kier alpha value is -2.41. The molecule has 1 aromatic heterocycles. The van der Waals surface area contributed by atoms with Crippen molar-refractivity contribution in [2.75, 3.05) is 7.11 Å². The molecule has 0 radical (unpaired) electrons. The minimum absolute atomic E-state index is 0.0575. The Morgan fingerprint density at radius 3 is 2.74 bits per heavy atom. The van der Waals surface area contributed by atoms with Crippen LogP contribution in [0, 0.1) is 0 Å². The van der Waals surface area contributed by atoms with Crippen LogP contribution in [0.3, 0.4) is 0 Å². The van der Waals surface area contributed by atoms with Crippen LogP contribution in [-0.2, 0) is 4.74 Å². The number of methoxy groups -OCH3 is 1. The Morgan fingerprint density at radius 1 is 1.42 bits per heavy atom. The lowest BCUT2D eigenvalue weighted by Crippen LogP contribution is -2.05. The molecule has 0 bridgehead atoms. The van der Waals surface area contributed by atoms with Crippen molar-refractivity contribution in [2.24, 2.45) is 0 Å². The van der Waals surface area contributed by atoms with Crippen LogP contribution in [0.2, 0.25) is 5.02 Å². The van der Waals surface area contributed by atoms with E-state index in [-0.39, 0.29) is 16.4 Å². The highest BCUT2D eigenvalue weighted by atomic mass is 35.5. The quantitative estimate of drug-likeness (QED) is 0.855. The zero-order chi connectivity index (χ0) is 14.0. The molecule has 1 heterocycles. The molecule has 1 aromatic carbocycles. The molecule has 2 rings (SSSR count). The standard InChI is InChI=1S/C11H8ClN3O4/c1-19-11(18)9-13-5-15(14-9)8-3-2-6(10(16)17)4-7(8)12/h2-5H,1H3,(H,16,17). The van der Waals surface area contributed by atoms with E-state index in [0.29, 0.717) is 5.69 Å². The lowest BCUT2D eigenvalue weighted by atomic mass is 10.2. The van der Waals surface area contributed by atoms with Crippen molar-refractivity contribution >= 4 is 23.5 Å². The van der Waals surface area contributed by atoms with E-state index in [1.54, 1.807) is 0 Å². The number of aromatic carboxylic acids is 1. The van der Waals surface area contributed by atoms with Gasteiger partial charge in [-0.3, -0.25) is 0 Å². The summed E-state index contributed by atoms with van der Waals surface area (Å²) in [6.45, 7) is 0. The molecule has 0 fully saturated rings. The highest BCUT2D eigenvalue weighted by molar-refractivity contribution is 6.32. The molecule has 0 aliphatic heterocycles. The number of hydrogen-bond donors (Lipinski definition) is 1. The van der Waals surface area contributed by atoms with Gasteiger partial charge in [0.2, 0.25) is 0 Å². The molecular formula is C11H8ClN3O4. The maximum atomic E-state index is 11.2. The van der Waals surface area contributed by atoms with E-state index in [2.05, 4.69) is 14.8 Å². The van der Waals surface area contributed by atoms with E-state index in [0.717, 1.165) is 0 Å². The van der Waals surface area contributed by atoms with Gasteiger partial charge in [-0.2, -0.15) is 0 Å². The molecule has 0 atom stereocenters. The molecule has 0 saturated carbocycles. The van der Waals surface area contributed by atoms with E-state index in [4.69, 9.17) is 16.7 Å². The summed E-state index contributed by atoms with van der Waals surface area (Å²) >= 11 is 5.96. The van der Waals surface area contributed by atoms with E-state index in [1.165, 1.54) is 36.3 Å². The monoisotopic (exact) mass is 281 g/mol. The van der Waals surface area contributed by atoms with E-state index in [1.807, 2.05) is 0 Å². The third-order valence-corrected chi connectivity index (χ3v) is 2.60. The van der Waals surface area contributed by atoms with Gasteiger partial charge in [0.25, 0.3) is 5.82 Å². The Kier molecular flexibility index (Phi) is 3.48. The van der Waals surface area contributed by atoms with Gasteiger partial charge in [-0.25, -0.2) is 19.3 Å². The van der Waals surface area contributed by atoms with E-state index >= 15 is 0 Å². The molecule has 98 valence electrons.